The van der Waals surface area contributed by atoms with Crippen molar-refractivity contribution in [3.8, 4) is 0 Å². The summed E-state index contributed by atoms with van der Waals surface area (Å²) in [7, 11) is 0. The minimum absolute atomic E-state index is 0.274. The van der Waals surface area contributed by atoms with Crippen molar-refractivity contribution in [1.29, 1.82) is 0 Å². The summed E-state index contributed by atoms with van der Waals surface area (Å²) >= 11 is 0. The Morgan fingerprint density at radius 2 is 1.42 bits per heavy atom. The van der Waals surface area contributed by atoms with E-state index >= 15 is 0 Å². The lowest BCUT2D eigenvalue weighted by Gasteiger charge is -2.36. The number of alkyl halides is 9. The summed E-state index contributed by atoms with van der Waals surface area (Å²) in [5, 5.41) is 3.07. The van der Waals surface area contributed by atoms with Gasteiger partial charge in [0.15, 0.2) is 0 Å². The van der Waals surface area contributed by atoms with Crippen LogP contribution in [0.3, 0.4) is 0 Å². The summed E-state index contributed by atoms with van der Waals surface area (Å²) in [6, 6.07) is 8.09. The van der Waals surface area contributed by atoms with E-state index in [0.717, 1.165) is 12.1 Å². The van der Waals surface area contributed by atoms with Gasteiger partial charge in [0, 0.05) is 30.0 Å². The van der Waals surface area contributed by atoms with Crippen molar-refractivity contribution < 1.29 is 58.5 Å². The Kier molecular flexibility index (Phi) is 7.09. The Morgan fingerprint density at radius 3 is 1.89 bits per heavy atom. The van der Waals surface area contributed by atoms with Crippen molar-refractivity contribution in [2.24, 2.45) is 0 Å². The Labute approximate surface area is 197 Å². The van der Waals surface area contributed by atoms with E-state index in [4.69, 9.17) is 0 Å². The Hall–Kier alpha value is -2.87. The van der Waals surface area contributed by atoms with Crippen molar-refractivity contribution in [3.05, 3.63) is 71.0 Å². The third kappa shape index (κ3) is 4.88. The highest BCUT2D eigenvalue weighted by Gasteiger charge is 2.76. The molecule has 1 aliphatic heterocycles. The monoisotopic (exact) mass is 533 g/mol. The number of carbonyl (C=O) groups is 1. The largest absolute Gasteiger partial charge is 0.494 e. The van der Waals surface area contributed by atoms with Crippen molar-refractivity contribution >= 4 is 5.97 Å². The minimum atomic E-state index is -6.38. The van der Waals surface area contributed by atoms with Crippen LogP contribution in [0.5, 0.6) is 0 Å². The smallest absolute Gasteiger partial charge is 0.315 e. The summed E-state index contributed by atoms with van der Waals surface area (Å²) in [5.74, 6) is -4.38. The van der Waals surface area contributed by atoms with Crippen LogP contribution in [-0.2, 0) is 25.6 Å². The molecule has 0 aromatic heterocycles. The molecular formula is C22H17F10NO3. The second-order valence-electron chi connectivity index (χ2n) is 8.36. The second-order valence-corrected chi connectivity index (χ2v) is 8.36. The van der Waals surface area contributed by atoms with Gasteiger partial charge in [-0.05, 0) is 23.3 Å². The van der Waals surface area contributed by atoms with Gasteiger partial charge in [0.2, 0.25) is 0 Å². The molecule has 1 heterocycles. The van der Waals surface area contributed by atoms with Gasteiger partial charge in [-0.1, -0.05) is 43.3 Å². The van der Waals surface area contributed by atoms with Crippen LogP contribution in [0.15, 0.2) is 48.5 Å². The van der Waals surface area contributed by atoms with Crippen molar-refractivity contribution in [2.45, 2.75) is 42.4 Å². The average Bonchev–Trinajstić information content (AvgIpc) is 3.15. The second kappa shape index (κ2) is 9.21. The summed E-state index contributed by atoms with van der Waals surface area (Å²) in [6.07, 6.45) is -18.7. The van der Waals surface area contributed by atoms with Gasteiger partial charge >= 0.3 is 30.1 Å². The summed E-state index contributed by atoms with van der Waals surface area (Å²) in [4.78, 5) is 17.0. The van der Waals surface area contributed by atoms with Crippen LogP contribution < -0.4 is 5.32 Å². The standard InChI is InChI=1S/C22H17F10NO3/c1-18(13-6-8-15(23)9-7-13)11-33-10-16(18)12-2-4-14(5-3-12)19(21(27,28)29,22(30,31)32)36-35-17(34)20(24,25)26/h2-9,16,33H,10-11H2,1H3/t16-,18+/m0/s1. The predicted octanol–water partition coefficient (Wildman–Crippen LogP) is 5.83. The predicted molar refractivity (Wildman–Crippen MR) is 103 cm³/mol. The number of halogens is 10. The summed E-state index contributed by atoms with van der Waals surface area (Å²) < 4.78 is 133. The molecule has 1 aliphatic rings. The zero-order valence-electron chi connectivity index (χ0n) is 18.1. The first kappa shape index (κ1) is 27.7. The van der Waals surface area contributed by atoms with Gasteiger partial charge in [0.25, 0.3) is 0 Å². The highest BCUT2D eigenvalue weighted by atomic mass is 19.4. The molecule has 14 heteroatoms. The van der Waals surface area contributed by atoms with E-state index in [2.05, 4.69) is 15.1 Å². The van der Waals surface area contributed by atoms with Crippen LogP contribution in [0.4, 0.5) is 43.9 Å². The van der Waals surface area contributed by atoms with E-state index < -0.39 is 52.8 Å². The third-order valence-electron chi connectivity index (χ3n) is 6.11. The normalized spacial score (nSPS) is 21.5. The van der Waals surface area contributed by atoms with E-state index in [0.29, 0.717) is 29.8 Å². The fourth-order valence-corrected chi connectivity index (χ4v) is 4.17. The minimum Gasteiger partial charge on any atom is -0.315 e. The summed E-state index contributed by atoms with van der Waals surface area (Å²) in [5.41, 5.74) is -6.82. The van der Waals surface area contributed by atoms with E-state index in [1.165, 1.54) is 24.3 Å². The number of carbonyl (C=O) groups excluding carboxylic acids is 1. The number of hydrogen-bond acceptors (Lipinski definition) is 4. The Morgan fingerprint density at radius 1 is 0.889 bits per heavy atom. The zero-order chi connectivity index (χ0) is 27.2. The van der Waals surface area contributed by atoms with Gasteiger partial charge in [-0.15, -0.1) is 0 Å². The number of hydrogen-bond donors (Lipinski definition) is 1. The quantitative estimate of drug-likeness (QED) is 0.299. The fourth-order valence-electron chi connectivity index (χ4n) is 4.17. The topological polar surface area (TPSA) is 47.6 Å². The summed E-state index contributed by atoms with van der Waals surface area (Å²) in [6.45, 7) is 2.40. The van der Waals surface area contributed by atoms with Crippen molar-refractivity contribution in [1.82, 2.24) is 5.32 Å². The molecule has 0 saturated carbocycles. The van der Waals surface area contributed by atoms with Gasteiger partial charge in [-0.3, -0.25) is 4.89 Å². The van der Waals surface area contributed by atoms with Crippen LogP contribution >= 0.6 is 0 Å². The molecule has 0 spiro atoms. The van der Waals surface area contributed by atoms with Gasteiger partial charge < -0.3 is 5.32 Å². The average molecular weight is 533 g/mol. The maximum absolute atomic E-state index is 13.7. The van der Waals surface area contributed by atoms with Crippen LogP contribution in [0.25, 0.3) is 0 Å². The molecule has 4 nitrogen and oxygen atoms in total. The first-order chi connectivity index (χ1) is 16.4. The van der Waals surface area contributed by atoms with Gasteiger partial charge in [0.05, 0.1) is 0 Å². The molecule has 2 aromatic carbocycles. The highest BCUT2D eigenvalue weighted by Crippen LogP contribution is 2.53. The number of nitrogens with one attached hydrogen (secondary N) is 1. The fraction of sp³-hybridized carbons (Fsp3) is 0.409. The van der Waals surface area contributed by atoms with E-state index in [9.17, 15) is 48.7 Å². The van der Waals surface area contributed by atoms with Gasteiger partial charge in [-0.25, -0.2) is 9.18 Å². The molecule has 1 saturated heterocycles. The maximum atomic E-state index is 13.7. The molecule has 0 aliphatic carbocycles. The molecule has 2 atom stereocenters. The first-order valence-corrected chi connectivity index (χ1v) is 10.1. The molecule has 36 heavy (non-hydrogen) atoms. The Balaban J connectivity index is 2.02. The molecular weight excluding hydrogens is 516 g/mol. The third-order valence-corrected chi connectivity index (χ3v) is 6.11. The molecule has 0 unspecified atom stereocenters. The van der Waals surface area contributed by atoms with E-state index in [1.807, 2.05) is 0 Å². The number of benzene rings is 2. The molecule has 0 amide bonds. The first-order valence-electron chi connectivity index (χ1n) is 10.1. The molecule has 1 N–H and O–H groups in total. The van der Waals surface area contributed by atoms with Crippen LogP contribution in [0.1, 0.15) is 29.5 Å². The number of rotatable bonds is 5. The molecule has 1 fully saturated rings. The highest BCUT2D eigenvalue weighted by molar-refractivity contribution is 5.75. The van der Waals surface area contributed by atoms with Gasteiger partial charge in [-0.2, -0.15) is 44.4 Å². The molecule has 3 rings (SSSR count). The van der Waals surface area contributed by atoms with Crippen LogP contribution in [0.2, 0.25) is 0 Å². The maximum Gasteiger partial charge on any atom is 0.494 e. The van der Waals surface area contributed by atoms with E-state index in [-0.39, 0.29) is 6.54 Å². The molecule has 2 aromatic rings. The molecule has 0 radical (unpaired) electrons. The van der Waals surface area contributed by atoms with Crippen molar-refractivity contribution in [2.75, 3.05) is 13.1 Å². The SMILES string of the molecule is C[C@]1(c2ccc(F)cc2)CNC[C@H]1c1ccc(C(OOC(=O)C(F)(F)F)(C(F)(F)F)C(F)(F)F)cc1. The molecule has 0 bridgehead atoms. The lowest BCUT2D eigenvalue weighted by atomic mass is 9.71. The van der Waals surface area contributed by atoms with Crippen molar-refractivity contribution in [3.63, 3.8) is 0 Å². The van der Waals surface area contributed by atoms with E-state index in [1.54, 1.807) is 6.92 Å². The Bertz CT molecular complexity index is 1060. The van der Waals surface area contributed by atoms with Crippen LogP contribution in [-0.4, -0.2) is 37.6 Å². The van der Waals surface area contributed by atoms with Gasteiger partial charge in [0.1, 0.15) is 5.82 Å². The molecule has 198 valence electrons. The lowest BCUT2D eigenvalue weighted by molar-refractivity contribution is -0.478. The zero-order valence-corrected chi connectivity index (χ0v) is 18.1. The van der Waals surface area contributed by atoms with Crippen LogP contribution in [0, 0.1) is 5.82 Å². The lowest BCUT2D eigenvalue weighted by Crippen LogP contribution is -2.56.